The van der Waals surface area contributed by atoms with Crippen LogP contribution in [0.3, 0.4) is 0 Å². The van der Waals surface area contributed by atoms with Gasteiger partial charge in [0.05, 0.1) is 16.2 Å². The van der Waals surface area contributed by atoms with Crippen LogP contribution in [0.25, 0.3) is 10.2 Å². The lowest BCUT2D eigenvalue weighted by Gasteiger charge is -2.30. The van der Waals surface area contributed by atoms with Crippen molar-refractivity contribution in [3.63, 3.8) is 0 Å². The molecule has 0 atom stereocenters. The van der Waals surface area contributed by atoms with Crippen molar-refractivity contribution < 1.29 is 22.3 Å². The third-order valence-corrected chi connectivity index (χ3v) is 7.62. The topological polar surface area (TPSA) is 68.7 Å². The number of thiazole rings is 1. The van der Waals surface area contributed by atoms with E-state index >= 15 is 0 Å². The predicted molar refractivity (Wildman–Crippen MR) is 110 cm³/mol. The fourth-order valence-electron chi connectivity index (χ4n) is 3.30. The zero-order chi connectivity index (χ0) is 20.4. The second kappa shape index (κ2) is 8.25. The normalized spacial score (nSPS) is 16.2. The fraction of sp³-hybridized carbons (Fsp3) is 0.350. The molecule has 0 spiro atoms. The van der Waals surface area contributed by atoms with Gasteiger partial charge in [-0.15, -0.1) is 0 Å². The molecule has 1 aromatic heterocycles. The zero-order valence-electron chi connectivity index (χ0n) is 15.9. The first-order chi connectivity index (χ1) is 14.0. The van der Waals surface area contributed by atoms with Crippen molar-refractivity contribution in [3.8, 4) is 10.9 Å². The highest BCUT2D eigenvalue weighted by Gasteiger charge is 2.30. The number of hydrogen-bond donors (Lipinski definition) is 0. The van der Waals surface area contributed by atoms with E-state index in [1.54, 1.807) is 36.4 Å². The van der Waals surface area contributed by atoms with E-state index < -0.39 is 10.0 Å². The third-order valence-electron chi connectivity index (χ3n) is 4.79. The zero-order valence-corrected chi connectivity index (χ0v) is 17.5. The van der Waals surface area contributed by atoms with Gasteiger partial charge in [0.2, 0.25) is 10.0 Å². The first-order valence-corrected chi connectivity index (χ1v) is 11.7. The summed E-state index contributed by atoms with van der Waals surface area (Å²) in [5.41, 5.74) is 0.308. The van der Waals surface area contributed by atoms with Crippen LogP contribution in [0.2, 0.25) is 0 Å². The summed E-state index contributed by atoms with van der Waals surface area (Å²) in [6.45, 7) is 3.13. The quantitative estimate of drug-likeness (QED) is 0.583. The summed E-state index contributed by atoms with van der Waals surface area (Å²) in [5, 5.41) is 0.415. The van der Waals surface area contributed by atoms with E-state index in [1.807, 2.05) is 6.92 Å². The molecule has 0 bridgehead atoms. The number of ether oxygens (including phenoxy) is 2. The Balaban J connectivity index is 1.39. The van der Waals surface area contributed by atoms with Gasteiger partial charge in [0.1, 0.15) is 23.2 Å². The summed E-state index contributed by atoms with van der Waals surface area (Å²) in [5.74, 6) is 0.274. The maximum Gasteiger partial charge on any atom is 0.274 e. The van der Waals surface area contributed by atoms with Gasteiger partial charge in [-0.25, -0.2) is 12.8 Å². The molecule has 2 aromatic carbocycles. The van der Waals surface area contributed by atoms with Crippen LogP contribution < -0.4 is 9.47 Å². The Hall–Kier alpha value is -2.23. The minimum absolute atomic E-state index is 0.148. The minimum Gasteiger partial charge on any atom is -0.494 e. The molecule has 0 aliphatic carbocycles. The number of nitrogens with zero attached hydrogens (tertiary/aromatic N) is 2. The van der Waals surface area contributed by atoms with Crippen LogP contribution in [0, 0.1) is 5.82 Å². The number of para-hydroxylation sites is 1. The van der Waals surface area contributed by atoms with Crippen LogP contribution in [-0.4, -0.2) is 43.5 Å². The van der Waals surface area contributed by atoms with Crippen molar-refractivity contribution >= 4 is 31.6 Å². The van der Waals surface area contributed by atoms with E-state index in [0.29, 0.717) is 49.0 Å². The third kappa shape index (κ3) is 4.22. The molecule has 0 unspecified atom stereocenters. The van der Waals surface area contributed by atoms with Crippen LogP contribution >= 0.6 is 11.3 Å². The monoisotopic (exact) mass is 436 g/mol. The van der Waals surface area contributed by atoms with Crippen LogP contribution in [-0.2, 0) is 10.0 Å². The summed E-state index contributed by atoms with van der Waals surface area (Å²) in [6.07, 6.45) is 0.953. The molecule has 154 valence electrons. The van der Waals surface area contributed by atoms with Gasteiger partial charge in [-0.3, -0.25) is 0 Å². The maximum absolute atomic E-state index is 13.8. The number of halogens is 1. The number of sulfonamides is 1. The van der Waals surface area contributed by atoms with Gasteiger partial charge < -0.3 is 9.47 Å². The highest BCUT2D eigenvalue weighted by Crippen LogP contribution is 2.31. The first-order valence-electron chi connectivity index (χ1n) is 9.42. The molecule has 9 heteroatoms. The Morgan fingerprint density at radius 1 is 1.17 bits per heavy atom. The van der Waals surface area contributed by atoms with E-state index in [2.05, 4.69) is 4.98 Å². The van der Waals surface area contributed by atoms with Crippen LogP contribution in [0.4, 0.5) is 4.39 Å². The van der Waals surface area contributed by atoms with E-state index in [4.69, 9.17) is 9.47 Å². The van der Waals surface area contributed by atoms with E-state index in [-0.39, 0.29) is 16.8 Å². The van der Waals surface area contributed by atoms with Gasteiger partial charge >= 0.3 is 0 Å². The SMILES string of the molecule is CCOc1ccc(S(=O)(=O)N2CCC(Oc3nc4c(F)cccc4s3)CC2)cc1. The number of piperidine rings is 1. The summed E-state index contributed by atoms with van der Waals surface area (Å²) >= 11 is 1.30. The van der Waals surface area contributed by atoms with Crippen molar-refractivity contribution in [2.45, 2.75) is 30.8 Å². The minimum atomic E-state index is -3.56. The van der Waals surface area contributed by atoms with Gasteiger partial charge in [0.25, 0.3) is 5.19 Å². The average Bonchev–Trinajstić information content (AvgIpc) is 3.13. The summed E-state index contributed by atoms with van der Waals surface area (Å²) < 4.78 is 53.0. The Kier molecular flexibility index (Phi) is 5.71. The number of hydrogen-bond acceptors (Lipinski definition) is 6. The highest BCUT2D eigenvalue weighted by molar-refractivity contribution is 7.89. The Morgan fingerprint density at radius 3 is 2.55 bits per heavy atom. The van der Waals surface area contributed by atoms with Crippen LogP contribution in [0.1, 0.15) is 19.8 Å². The van der Waals surface area contributed by atoms with Crippen molar-refractivity contribution in [1.82, 2.24) is 9.29 Å². The number of aromatic nitrogens is 1. The largest absolute Gasteiger partial charge is 0.494 e. The molecular formula is C20H21FN2O4S2. The van der Waals surface area contributed by atoms with Gasteiger partial charge in [0.15, 0.2) is 0 Å². The summed E-state index contributed by atoms with van der Waals surface area (Å²) in [6, 6.07) is 11.3. The Labute approximate surface area is 172 Å². The Bertz CT molecular complexity index is 1090. The number of rotatable bonds is 6. The lowest BCUT2D eigenvalue weighted by molar-refractivity contribution is 0.135. The molecule has 0 N–H and O–H groups in total. The number of benzene rings is 2. The molecule has 0 radical (unpaired) electrons. The molecule has 1 fully saturated rings. The average molecular weight is 437 g/mol. The molecule has 29 heavy (non-hydrogen) atoms. The van der Waals surface area contributed by atoms with E-state index in [0.717, 1.165) is 4.70 Å². The molecule has 3 aromatic rings. The van der Waals surface area contributed by atoms with E-state index in [1.165, 1.54) is 21.7 Å². The van der Waals surface area contributed by atoms with Crippen molar-refractivity contribution in [1.29, 1.82) is 0 Å². The molecule has 0 amide bonds. The molecule has 0 saturated carbocycles. The molecule has 4 rings (SSSR count). The lowest BCUT2D eigenvalue weighted by atomic mass is 10.1. The second-order valence-electron chi connectivity index (χ2n) is 6.69. The molecule has 6 nitrogen and oxygen atoms in total. The molecule has 2 heterocycles. The van der Waals surface area contributed by atoms with Crippen LogP contribution in [0.15, 0.2) is 47.4 Å². The smallest absolute Gasteiger partial charge is 0.274 e. The summed E-state index contributed by atoms with van der Waals surface area (Å²) in [7, 11) is -3.56. The second-order valence-corrected chi connectivity index (χ2v) is 9.62. The van der Waals surface area contributed by atoms with Crippen molar-refractivity contribution in [2.75, 3.05) is 19.7 Å². The van der Waals surface area contributed by atoms with Crippen molar-refractivity contribution in [3.05, 3.63) is 48.3 Å². The van der Waals surface area contributed by atoms with Gasteiger partial charge in [-0.1, -0.05) is 17.4 Å². The molecule has 1 aliphatic heterocycles. The fourth-order valence-corrected chi connectivity index (χ4v) is 5.67. The highest BCUT2D eigenvalue weighted by atomic mass is 32.2. The molecule has 1 aliphatic rings. The van der Waals surface area contributed by atoms with Gasteiger partial charge in [-0.05, 0) is 56.2 Å². The standard InChI is InChI=1S/C20H21FN2O4S2/c1-2-26-14-6-8-16(9-7-14)29(24,25)23-12-10-15(11-13-23)27-20-22-19-17(21)4-3-5-18(19)28-20/h3-9,15H,2,10-13H2,1H3. The van der Waals surface area contributed by atoms with Crippen molar-refractivity contribution in [2.24, 2.45) is 0 Å². The van der Waals surface area contributed by atoms with Gasteiger partial charge in [0, 0.05) is 13.1 Å². The maximum atomic E-state index is 13.8. The predicted octanol–water partition coefficient (Wildman–Crippen LogP) is 4.07. The molecular weight excluding hydrogens is 415 g/mol. The lowest BCUT2D eigenvalue weighted by Crippen LogP contribution is -2.41. The van der Waals surface area contributed by atoms with E-state index in [9.17, 15) is 12.8 Å². The number of fused-ring (bicyclic) bond motifs is 1. The van der Waals surface area contributed by atoms with Gasteiger partial charge in [-0.2, -0.15) is 9.29 Å². The first kappa shape index (κ1) is 20.1. The Morgan fingerprint density at radius 2 is 1.90 bits per heavy atom. The molecule has 1 saturated heterocycles. The van der Waals surface area contributed by atoms with Crippen LogP contribution in [0.5, 0.6) is 10.9 Å². The summed E-state index contributed by atoms with van der Waals surface area (Å²) in [4.78, 5) is 4.47.